The molecule has 0 saturated carbocycles. The number of aryl methyl sites for hydroxylation is 1. The number of nitrogens with zero attached hydrogens (tertiary/aromatic N) is 3. The number of H-pyrrole nitrogens is 1. The molecule has 39 heavy (non-hydrogen) atoms. The summed E-state index contributed by atoms with van der Waals surface area (Å²) in [6.07, 6.45) is 3.06. The third-order valence-electron chi connectivity index (χ3n) is 8.11. The number of hydrogen-bond acceptors (Lipinski definition) is 5. The summed E-state index contributed by atoms with van der Waals surface area (Å²) < 4.78 is 7.56. The second-order valence-electron chi connectivity index (χ2n) is 10.3. The summed E-state index contributed by atoms with van der Waals surface area (Å²) in [5.41, 5.74) is 3.94. The van der Waals surface area contributed by atoms with Gasteiger partial charge in [-0.15, -0.1) is 5.06 Å². The van der Waals surface area contributed by atoms with Crippen LogP contribution in [0.4, 0.5) is 0 Å². The summed E-state index contributed by atoms with van der Waals surface area (Å²) in [7, 11) is 0. The monoisotopic (exact) mass is 524 g/mol. The Labute approximate surface area is 223 Å². The number of morpholine rings is 1. The van der Waals surface area contributed by atoms with Crippen LogP contribution in [0.1, 0.15) is 46.4 Å². The van der Waals surface area contributed by atoms with E-state index in [9.17, 15) is 19.6 Å². The molecule has 2 aliphatic rings. The fraction of sp³-hybridized carbons (Fsp3) is 0.300. The number of hydrogen-bond donors (Lipinski definition) is 2. The Morgan fingerprint density at radius 3 is 2.36 bits per heavy atom. The minimum Gasteiger partial charge on any atom is -0.378 e. The van der Waals surface area contributed by atoms with Crippen LogP contribution < -0.4 is 0 Å². The van der Waals surface area contributed by atoms with Gasteiger partial charge in [0, 0.05) is 58.6 Å². The van der Waals surface area contributed by atoms with Crippen LogP contribution in [-0.2, 0) is 16.1 Å². The Morgan fingerprint density at radius 2 is 1.56 bits per heavy atom. The van der Waals surface area contributed by atoms with E-state index in [0.717, 1.165) is 52.1 Å². The lowest BCUT2D eigenvalue weighted by atomic mass is 9.97. The molecule has 7 rings (SSSR count). The molecule has 1 saturated heterocycles. The number of carbonyl (C=O) groups is 3. The average Bonchev–Trinajstić information content (AvgIpc) is 3.58. The Hall–Kier alpha value is -4.21. The Balaban J connectivity index is 1.32. The molecule has 1 fully saturated rings. The predicted octanol–water partition coefficient (Wildman–Crippen LogP) is 4.83. The molecule has 3 aromatic carbocycles. The molecule has 4 heterocycles. The fourth-order valence-electron chi connectivity index (χ4n) is 6.30. The molecule has 0 atom stereocenters. The molecular formula is C30H28N4O5. The molecule has 2 aliphatic heterocycles. The number of imide groups is 1. The smallest absolute Gasteiger partial charge is 0.286 e. The maximum Gasteiger partial charge on any atom is 0.286 e. The topological polar surface area (TPSA) is 108 Å². The van der Waals surface area contributed by atoms with Gasteiger partial charge >= 0.3 is 0 Å². The van der Waals surface area contributed by atoms with Crippen LogP contribution in [0, 0.1) is 0 Å². The van der Waals surface area contributed by atoms with E-state index in [1.54, 1.807) is 0 Å². The zero-order valence-electron chi connectivity index (χ0n) is 21.4. The molecular weight excluding hydrogens is 496 g/mol. The average molecular weight is 525 g/mol. The lowest BCUT2D eigenvalue weighted by Gasteiger charge is -2.26. The maximum absolute atomic E-state index is 13.3. The lowest BCUT2D eigenvalue weighted by molar-refractivity contribution is -0.135. The van der Waals surface area contributed by atoms with Crippen LogP contribution in [-0.4, -0.2) is 68.7 Å². The van der Waals surface area contributed by atoms with Gasteiger partial charge in [0.05, 0.1) is 35.4 Å². The number of benzene rings is 3. The van der Waals surface area contributed by atoms with Gasteiger partial charge in [0.25, 0.3) is 11.8 Å². The first-order valence-electron chi connectivity index (χ1n) is 13.5. The van der Waals surface area contributed by atoms with Gasteiger partial charge in [0.2, 0.25) is 5.91 Å². The number of carbonyl (C=O) groups excluding carboxylic acids is 3. The Bertz CT molecular complexity index is 1810. The number of para-hydroxylation sites is 2. The van der Waals surface area contributed by atoms with E-state index >= 15 is 0 Å². The summed E-state index contributed by atoms with van der Waals surface area (Å²) in [4.78, 5) is 44.4. The highest BCUT2D eigenvalue weighted by Gasteiger charge is 2.41. The van der Waals surface area contributed by atoms with E-state index in [1.807, 2.05) is 53.4 Å². The Morgan fingerprint density at radius 1 is 0.872 bits per heavy atom. The van der Waals surface area contributed by atoms with Gasteiger partial charge in [0.15, 0.2) is 0 Å². The van der Waals surface area contributed by atoms with Crippen LogP contribution in [0.2, 0.25) is 0 Å². The molecule has 2 N–H and O–H groups in total. The van der Waals surface area contributed by atoms with Crippen LogP contribution in [0.5, 0.6) is 0 Å². The van der Waals surface area contributed by atoms with Crippen molar-refractivity contribution in [2.45, 2.75) is 32.2 Å². The number of unbranched alkanes of at least 4 members (excludes halogenated alkanes) is 2. The molecule has 0 aliphatic carbocycles. The number of amides is 3. The van der Waals surface area contributed by atoms with Gasteiger partial charge in [0.1, 0.15) is 0 Å². The number of hydroxylamine groups is 2. The highest BCUT2D eigenvalue weighted by Crippen LogP contribution is 2.44. The zero-order chi connectivity index (χ0) is 26.7. The van der Waals surface area contributed by atoms with Gasteiger partial charge < -0.3 is 19.2 Å². The highest BCUT2D eigenvalue weighted by atomic mass is 16.5. The highest BCUT2D eigenvalue weighted by molar-refractivity contribution is 6.38. The van der Waals surface area contributed by atoms with Crippen molar-refractivity contribution in [1.82, 2.24) is 19.5 Å². The summed E-state index contributed by atoms with van der Waals surface area (Å²) in [5.74, 6) is -1.22. The molecule has 0 unspecified atom stereocenters. The van der Waals surface area contributed by atoms with Crippen LogP contribution in [0.25, 0.3) is 43.6 Å². The lowest BCUT2D eigenvalue weighted by Crippen LogP contribution is -2.40. The molecule has 3 amide bonds. The summed E-state index contributed by atoms with van der Waals surface area (Å²) in [6, 6.07) is 15.6. The molecule has 9 heteroatoms. The molecule has 0 bridgehead atoms. The zero-order valence-corrected chi connectivity index (χ0v) is 21.4. The van der Waals surface area contributed by atoms with Crippen molar-refractivity contribution in [3.05, 3.63) is 59.7 Å². The van der Waals surface area contributed by atoms with E-state index in [-0.39, 0.29) is 22.1 Å². The quantitative estimate of drug-likeness (QED) is 0.188. The van der Waals surface area contributed by atoms with E-state index in [0.29, 0.717) is 50.0 Å². The number of ether oxygens (including phenoxy) is 1. The number of nitrogens with one attached hydrogen (secondary N) is 1. The third kappa shape index (κ3) is 3.57. The third-order valence-corrected chi connectivity index (χ3v) is 8.11. The second kappa shape index (κ2) is 9.21. The first kappa shape index (κ1) is 23.9. The van der Waals surface area contributed by atoms with Crippen molar-refractivity contribution in [3.63, 3.8) is 0 Å². The van der Waals surface area contributed by atoms with Crippen molar-refractivity contribution >= 4 is 61.3 Å². The Kier molecular flexibility index (Phi) is 5.64. The SMILES string of the molecule is O=C(CCCCCn1c2ccccc2c2c3c(c4c5ccccc5[nH]c4c21)C(=O)N(O)C3=O)N1CCOCC1. The first-order chi connectivity index (χ1) is 19.1. The maximum atomic E-state index is 13.3. The fourth-order valence-corrected chi connectivity index (χ4v) is 6.30. The molecule has 9 nitrogen and oxygen atoms in total. The summed E-state index contributed by atoms with van der Waals surface area (Å²) in [6.45, 7) is 3.22. The molecule has 198 valence electrons. The van der Waals surface area contributed by atoms with Gasteiger partial charge in [-0.25, -0.2) is 0 Å². The van der Waals surface area contributed by atoms with Gasteiger partial charge in [-0.3, -0.25) is 19.6 Å². The van der Waals surface area contributed by atoms with Crippen molar-refractivity contribution in [3.8, 4) is 0 Å². The van der Waals surface area contributed by atoms with Crippen LogP contribution >= 0.6 is 0 Å². The largest absolute Gasteiger partial charge is 0.378 e. The summed E-state index contributed by atoms with van der Waals surface area (Å²) in [5, 5.41) is 13.7. The van der Waals surface area contributed by atoms with E-state index in [2.05, 4.69) is 9.55 Å². The van der Waals surface area contributed by atoms with Crippen molar-refractivity contribution < 1.29 is 24.3 Å². The molecule has 5 aromatic rings. The minimum absolute atomic E-state index is 0.183. The normalized spacial score (nSPS) is 15.9. The number of fused-ring (bicyclic) bond motifs is 10. The summed E-state index contributed by atoms with van der Waals surface area (Å²) >= 11 is 0. The van der Waals surface area contributed by atoms with E-state index in [4.69, 9.17) is 4.74 Å². The molecule has 0 spiro atoms. The minimum atomic E-state index is -0.701. The number of aromatic amines is 1. The van der Waals surface area contributed by atoms with Crippen molar-refractivity contribution in [2.24, 2.45) is 0 Å². The van der Waals surface area contributed by atoms with E-state index in [1.165, 1.54) is 0 Å². The standard InChI is InChI=1S/C30H28N4O5/c35-22(32-14-16-39-17-15-32)12-2-1-7-13-33-21-11-6-4-9-19(21)24-26-25(29(36)34(38)30(26)37)23-18-8-3-5-10-20(18)31-27(23)28(24)33/h3-6,8-11,31,38H,1-2,7,12-17H2. The van der Waals surface area contributed by atoms with Crippen LogP contribution in [0.15, 0.2) is 48.5 Å². The number of rotatable bonds is 6. The van der Waals surface area contributed by atoms with Gasteiger partial charge in [-0.05, 0) is 25.0 Å². The van der Waals surface area contributed by atoms with Crippen LogP contribution in [0.3, 0.4) is 0 Å². The van der Waals surface area contributed by atoms with E-state index < -0.39 is 11.8 Å². The predicted molar refractivity (Wildman–Crippen MR) is 147 cm³/mol. The van der Waals surface area contributed by atoms with Crippen molar-refractivity contribution in [2.75, 3.05) is 26.3 Å². The van der Waals surface area contributed by atoms with Gasteiger partial charge in [-0.1, -0.05) is 42.8 Å². The first-order valence-corrected chi connectivity index (χ1v) is 13.5. The second-order valence-corrected chi connectivity index (χ2v) is 10.3. The van der Waals surface area contributed by atoms with Crippen molar-refractivity contribution in [1.29, 1.82) is 0 Å². The molecule has 0 radical (unpaired) electrons. The molecule has 2 aromatic heterocycles. The van der Waals surface area contributed by atoms with Gasteiger partial charge in [-0.2, -0.15) is 0 Å². The number of aromatic nitrogens is 2.